The van der Waals surface area contributed by atoms with E-state index in [-0.39, 0.29) is 11.3 Å². The molecule has 1 atom stereocenters. The van der Waals surface area contributed by atoms with Gasteiger partial charge < -0.3 is 29.1 Å². The number of hydrogen-bond donors (Lipinski definition) is 1. The number of ketones is 1. The van der Waals surface area contributed by atoms with Gasteiger partial charge in [0.2, 0.25) is 0 Å². The molecule has 216 valence electrons. The molecule has 41 heavy (non-hydrogen) atoms. The lowest BCUT2D eigenvalue weighted by Crippen LogP contribution is -2.38. The molecule has 4 rings (SSSR count). The van der Waals surface area contributed by atoms with Crippen LogP contribution in [0.15, 0.2) is 72.3 Å². The minimum absolute atomic E-state index is 0.0443. The number of hydrogen-bond acceptors (Lipinski definition) is 7. The number of likely N-dealkylation sites (tertiary alicyclic amines) is 1. The maximum atomic E-state index is 13.5. The summed E-state index contributed by atoms with van der Waals surface area (Å²) >= 11 is 0. The van der Waals surface area contributed by atoms with Crippen molar-refractivity contribution in [2.24, 2.45) is 0 Å². The Morgan fingerprint density at radius 2 is 1.63 bits per heavy atom. The van der Waals surface area contributed by atoms with Crippen LogP contribution in [0.1, 0.15) is 42.1 Å². The monoisotopic (exact) mass is 558 g/mol. The van der Waals surface area contributed by atoms with Gasteiger partial charge in [0.05, 0.1) is 25.8 Å². The zero-order valence-electron chi connectivity index (χ0n) is 24.3. The van der Waals surface area contributed by atoms with Gasteiger partial charge in [0.1, 0.15) is 18.1 Å². The third-order valence-corrected chi connectivity index (χ3v) is 7.52. The summed E-state index contributed by atoms with van der Waals surface area (Å²) in [6.45, 7) is 8.91. The zero-order valence-corrected chi connectivity index (χ0v) is 24.3. The maximum absolute atomic E-state index is 13.5. The number of methoxy groups -OCH3 is 2. The fourth-order valence-corrected chi connectivity index (χ4v) is 5.15. The second-order valence-electron chi connectivity index (χ2n) is 9.88. The minimum atomic E-state index is -0.793. The quantitative estimate of drug-likeness (QED) is 0.182. The fourth-order valence-electron chi connectivity index (χ4n) is 5.15. The summed E-state index contributed by atoms with van der Waals surface area (Å²) in [5.74, 6) is 0.0536. The molecule has 0 bridgehead atoms. The van der Waals surface area contributed by atoms with Crippen molar-refractivity contribution < 1.29 is 28.9 Å². The number of aliphatic hydroxyl groups is 1. The van der Waals surface area contributed by atoms with E-state index in [0.29, 0.717) is 53.6 Å². The Hall–Kier alpha value is -4.30. The minimum Gasteiger partial charge on any atom is -0.507 e. The number of carbonyl (C=O) groups excluding carboxylic acids is 2. The van der Waals surface area contributed by atoms with Crippen molar-refractivity contribution in [3.8, 4) is 17.2 Å². The molecular formula is C33H38N2O6. The number of likely N-dealkylation sites (N-methyl/N-ethyl adjacent to an activating group) is 1. The SMILES string of the molecule is CCN(CC)CCN1C(=O)C(=O)/C(=C(/O)c2ccc(OCc3ccccc3)cc2C)C1c1ccc(OC)c(OC)c1. The first kappa shape index (κ1) is 29.7. The number of aliphatic hydroxyl groups excluding tert-OH is 1. The molecule has 0 saturated carbocycles. The van der Waals surface area contributed by atoms with Crippen molar-refractivity contribution in [3.05, 3.63) is 94.6 Å². The molecule has 1 aliphatic heterocycles. The summed E-state index contributed by atoms with van der Waals surface area (Å²) in [5.41, 5.74) is 2.90. The van der Waals surface area contributed by atoms with Gasteiger partial charge in [-0.15, -0.1) is 0 Å². The Labute approximate surface area is 241 Å². The van der Waals surface area contributed by atoms with Crippen molar-refractivity contribution in [3.63, 3.8) is 0 Å². The van der Waals surface area contributed by atoms with Gasteiger partial charge >= 0.3 is 0 Å². The molecule has 0 aromatic heterocycles. The molecule has 1 fully saturated rings. The molecule has 1 aliphatic rings. The van der Waals surface area contributed by atoms with Gasteiger partial charge in [-0.1, -0.05) is 50.2 Å². The molecule has 1 N–H and O–H groups in total. The lowest BCUT2D eigenvalue weighted by Gasteiger charge is -2.28. The zero-order chi connectivity index (χ0) is 29.5. The molecule has 1 amide bonds. The molecule has 8 nitrogen and oxygen atoms in total. The Bertz CT molecular complexity index is 1410. The molecule has 3 aromatic rings. The standard InChI is InChI=1S/C33H38N2O6/c1-6-34(7-2)17-18-35-30(24-13-16-27(39-4)28(20-24)40-5)29(32(37)33(35)38)31(36)26-15-14-25(19-22(26)3)41-21-23-11-9-8-10-12-23/h8-16,19-20,30,36H,6-7,17-18,21H2,1-5H3/b31-29+. The fraction of sp³-hybridized carbons (Fsp3) is 0.333. The van der Waals surface area contributed by atoms with E-state index in [4.69, 9.17) is 14.2 Å². The van der Waals surface area contributed by atoms with Gasteiger partial charge in [0, 0.05) is 18.7 Å². The Morgan fingerprint density at radius 3 is 2.27 bits per heavy atom. The van der Waals surface area contributed by atoms with E-state index in [2.05, 4.69) is 18.7 Å². The van der Waals surface area contributed by atoms with Crippen molar-refractivity contribution in [1.29, 1.82) is 0 Å². The van der Waals surface area contributed by atoms with Crippen molar-refractivity contribution in [2.75, 3.05) is 40.4 Å². The molecule has 1 saturated heterocycles. The van der Waals surface area contributed by atoms with Crippen molar-refractivity contribution in [2.45, 2.75) is 33.4 Å². The van der Waals surface area contributed by atoms with Crippen LogP contribution >= 0.6 is 0 Å². The summed E-state index contributed by atoms with van der Waals surface area (Å²) in [6.07, 6.45) is 0. The molecule has 3 aromatic carbocycles. The number of rotatable bonds is 12. The van der Waals surface area contributed by atoms with Crippen molar-refractivity contribution in [1.82, 2.24) is 9.80 Å². The second kappa shape index (κ2) is 13.4. The van der Waals surface area contributed by atoms with Gasteiger partial charge in [-0.25, -0.2) is 0 Å². The van der Waals surface area contributed by atoms with Gasteiger partial charge in [-0.3, -0.25) is 9.59 Å². The van der Waals surface area contributed by atoms with E-state index in [1.165, 1.54) is 7.11 Å². The summed E-state index contributed by atoms with van der Waals surface area (Å²) in [6, 6.07) is 19.6. The number of amides is 1. The normalized spacial score (nSPS) is 16.3. The number of benzene rings is 3. The Balaban J connectivity index is 1.74. The van der Waals surface area contributed by atoms with E-state index in [0.717, 1.165) is 18.7 Å². The second-order valence-corrected chi connectivity index (χ2v) is 9.88. The summed E-state index contributed by atoms with van der Waals surface area (Å²) < 4.78 is 16.9. The van der Waals surface area contributed by atoms with Crippen LogP contribution in [0.5, 0.6) is 17.2 Å². The number of carbonyl (C=O) groups is 2. The van der Waals surface area contributed by atoms with Crippen LogP contribution in [0.25, 0.3) is 5.76 Å². The van der Waals surface area contributed by atoms with Gasteiger partial charge in [0.25, 0.3) is 11.7 Å². The smallest absolute Gasteiger partial charge is 0.295 e. The maximum Gasteiger partial charge on any atom is 0.295 e. The molecule has 0 aliphatic carbocycles. The topological polar surface area (TPSA) is 88.5 Å². The van der Waals surface area contributed by atoms with E-state index < -0.39 is 17.7 Å². The first-order valence-corrected chi connectivity index (χ1v) is 13.8. The predicted octanol–water partition coefficient (Wildman–Crippen LogP) is 5.35. The van der Waals surface area contributed by atoms with Crippen LogP contribution in [-0.4, -0.2) is 67.0 Å². The van der Waals surface area contributed by atoms with Crippen molar-refractivity contribution >= 4 is 17.4 Å². The number of Topliss-reactive ketones (excluding diaryl/α,β-unsaturated/α-hetero) is 1. The lowest BCUT2D eigenvalue weighted by atomic mass is 9.93. The summed E-state index contributed by atoms with van der Waals surface area (Å²) in [5, 5.41) is 11.6. The number of ether oxygens (including phenoxy) is 3. The van der Waals surface area contributed by atoms with Crippen LogP contribution in [-0.2, 0) is 16.2 Å². The summed E-state index contributed by atoms with van der Waals surface area (Å²) in [4.78, 5) is 30.6. The van der Waals surface area contributed by atoms with Gasteiger partial charge in [-0.2, -0.15) is 0 Å². The lowest BCUT2D eigenvalue weighted by molar-refractivity contribution is -0.140. The number of nitrogens with zero attached hydrogens (tertiary/aromatic N) is 2. The third-order valence-electron chi connectivity index (χ3n) is 7.52. The highest BCUT2D eigenvalue weighted by atomic mass is 16.5. The largest absolute Gasteiger partial charge is 0.507 e. The van der Waals surface area contributed by atoms with Crippen LogP contribution < -0.4 is 14.2 Å². The van der Waals surface area contributed by atoms with E-state index >= 15 is 0 Å². The van der Waals surface area contributed by atoms with Crippen LogP contribution in [0.3, 0.4) is 0 Å². The molecule has 1 unspecified atom stereocenters. The summed E-state index contributed by atoms with van der Waals surface area (Å²) in [7, 11) is 3.08. The molecule has 0 spiro atoms. The first-order valence-electron chi connectivity index (χ1n) is 13.8. The molecule has 1 heterocycles. The van der Waals surface area contributed by atoms with Crippen LogP contribution in [0.2, 0.25) is 0 Å². The highest BCUT2D eigenvalue weighted by Gasteiger charge is 2.46. The van der Waals surface area contributed by atoms with Crippen LogP contribution in [0, 0.1) is 6.92 Å². The van der Waals surface area contributed by atoms with E-state index in [9.17, 15) is 14.7 Å². The van der Waals surface area contributed by atoms with E-state index in [1.807, 2.05) is 43.3 Å². The molecule has 0 radical (unpaired) electrons. The average Bonchev–Trinajstić information content (AvgIpc) is 3.25. The molecule has 8 heteroatoms. The first-order chi connectivity index (χ1) is 19.8. The predicted molar refractivity (Wildman–Crippen MR) is 158 cm³/mol. The molecular weight excluding hydrogens is 520 g/mol. The third kappa shape index (κ3) is 6.38. The van der Waals surface area contributed by atoms with E-state index in [1.54, 1.807) is 42.3 Å². The highest BCUT2D eigenvalue weighted by molar-refractivity contribution is 6.46. The highest BCUT2D eigenvalue weighted by Crippen LogP contribution is 2.42. The Kier molecular flexibility index (Phi) is 9.68. The number of aryl methyl sites for hydroxylation is 1. The van der Waals surface area contributed by atoms with Gasteiger partial charge in [-0.05, 0) is 67.0 Å². The van der Waals surface area contributed by atoms with Gasteiger partial charge in [0.15, 0.2) is 11.5 Å². The Morgan fingerprint density at radius 1 is 0.927 bits per heavy atom. The average molecular weight is 559 g/mol. The van der Waals surface area contributed by atoms with Crippen LogP contribution in [0.4, 0.5) is 0 Å².